The zero-order valence-electron chi connectivity index (χ0n) is 23.8. The molecule has 0 aromatic heterocycles. The Morgan fingerprint density at radius 3 is 2.50 bits per heavy atom. The quantitative estimate of drug-likeness (QED) is 0.364. The summed E-state index contributed by atoms with van der Waals surface area (Å²) in [5.41, 5.74) is 0.884. The van der Waals surface area contributed by atoms with Gasteiger partial charge < -0.3 is 0 Å². The summed E-state index contributed by atoms with van der Waals surface area (Å²) in [5.74, 6) is 4.96. The first-order valence-corrected chi connectivity index (χ1v) is 17.2. The number of hydrogen-bond acceptors (Lipinski definition) is 3. The normalized spacial score (nSPS) is 39.5. The summed E-state index contributed by atoms with van der Waals surface area (Å²) in [6.45, 7) is 9.97. The molecule has 6 heteroatoms. The Labute approximate surface area is 236 Å². The molecule has 212 valence electrons. The summed E-state index contributed by atoms with van der Waals surface area (Å²) in [5, 5.41) is 0.128. The maximum Gasteiger partial charge on any atom is 0.265 e. The predicted molar refractivity (Wildman–Crippen MR) is 154 cm³/mol. The van der Waals surface area contributed by atoms with Crippen molar-refractivity contribution in [2.24, 2.45) is 52.3 Å². The van der Waals surface area contributed by atoms with Gasteiger partial charge in [0.2, 0.25) is 5.91 Å². The van der Waals surface area contributed by atoms with Gasteiger partial charge in [0, 0.05) is 6.42 Å². The van der Waals surface area contributed by atoms with Gasteiger partial charge in [-0.25, -0.2) is 13.1 Å². The second-order valence-electron chi connectivity index (χ2n) is 13.8. The van der Waals surface area contributed by atoms with E-state index in [1.54, 1.807) is 12.1 Å². The van der Waals surface area contributed by atoms with Crippen LogP contribution in [-0.2, 0) is 14.8 Å². The number of amides is 1. The number of fused-ring (bicyclic) bond motifs is 5. The number of nitrogens with one attached hydrogen (secondary N) is 1. The largest absolute Gasteiger partial charge is 0.274 e. The molecule has 4 nitrogen and oxygen atoms in total. The van der Waals surface area contributed by atoms with Gasteiger partial charge in [0.25, 0.3) is 10.0 Å². The van der Waals surface area contributed by atoms with Crippen molar-refractivity contribution in [2.45, 2.75) is 110 Å². The van der Waals surface area contributed by atoms with E-state index in [1.165, 1.54) is 76.3 Å². The maximum absolute atomic E-state index is 12.7. The number of carbonyl (C=O) groups excluding carboxylic acids is 1. The molecular weight excluding hydrogens is 514 g/mol. The lowest BCUT2D eigenvalue weighted by molar-refractivity contribution is -0.138. The van der Waals surface area contributed by atoms with Crippen LogP contribution in [0.3, 0.4) is 0 Å². The van der Waals surface area contributed by atoms with Crippen LogP contribution in [0.4, 0.5) is 0 Å². The lowest BCUT2D eigenvalue weighted by atomic mass is 9.42. The van der Waals surface area contributed by atoms with Crippen LogP contribution in [0, 0.1) is 52.3 Å². The second kappa shape index (κ2) is 10.7. The number of sulfonamides is 1. The van der Waals surface area contributed by atoms with Gasteiger partial charge >= 0.3 is 0 Å². The minimum atomic E-state index is -3.96. The molecule has 1 aromatic carbocycles. The number of halogens is 1. The van der Waals surface area contributed by atoms with E-state index < -0.39 is 15.9 Å². The Morgan fingerprint density at radius 1 is 1.03 bits per heavy atom. The van der Waals surface area contributed by atoms with Gasteiger partial charge in [0.15, 0.2) is 0 Å². The minimum Gasteiger partial charge on any atom is -0.274 e. The zero-order chi connectivity index (χ0) is 27.3. The van der Waals surface area contributed by atoms with Crippen LogP contribution in [-0.4, -0.2) is 14.3 Å². The van der Waals surface area contributed by atoms with E-state index in [2.05, 4.69) is 32.4 Å². The molecule has 5 rings (SSSR count). The Balaban J connectivity index is 1.24. The highest BCUT2D eigenvalue weighted by Crippen LogP contribution is 2.69. The molecule has 1 aromatic rings. The lowest BCUT2D eigenvalue weighted by Crippen LogP contribution is -2.55. The van der Waals surface area contributed by atoms with Crippen LogP contribution >= 0.6 is 11.6 Å². The van der Waals surface area contributed by atoms with Crippen molar-refractivity contribution in [3.8, 4) is 0 Å². The van der Waals surface area contributed by atoms with E-state index in [0.29, 0.717) is 22.7 Å². The topological polar surface area (TPSA) is 63.2 Å². The molecule has 0 aliphatic heterocycles. The Kier molecular flexibility index (Phi) is 8.03. The molecule has 4 saturated carbocycles. The van der Waals surface area contributed by atoms with Crippen molar-refractivity contribution in [3.05, 3.63) is 29.3 Å². The van der Waals surface area contributed by atoms with E-state index in [-0.39, 0.29) is 16.3 Å². The number of carbonyl (C=O) groups is 1. The van der Waals surface area contributed by atoms with Gasteiger partial charge in [-0.05, 0) is 116 Å². The summed E-state index contributed by atoms with van der Waals surface area (Å²) < 4.78 is 27.6. The first-order valence-electron chi connectivity index (χ1n) is 15.3. The number of hydrogen-bond donors (Lipinski definition) is 1. The van der Waals surface area contributed by atoms with E-state index in [1.807, 2.05) is 0 Å². The standard InChI is InChI=1S/C32H48ClNO3S/c1-5-22-20-23-26-15-14-24(32(26,4)19-17-27(23)31(3)18-9-8-10-25(22)31)21(2)13-16-30(35)34-38(36,37)29-12-7-6-11-28(29)33/h6-7,11-12,21-27H,5,8-10,13-20H2,1-4H3,(H,34,35)/t21-,22+,23?,24-,25+,26?,27?,31+,32-/m1/s1. The molecule has 9 atom stereocenters. The minimum absolute atomic E-state index is 0.0438. The Morgan fingerprint density at radius 2 is 1.76 bits per heavy atom. The van der Waals surface area contributed by atoms with Crippen LogP contribution in [0.2, 0.25) is 5.02 Å². The highest BCUT2D eigenvalue weighted by molar-refractivity contribution is 7.90. The number of benzene rings is 1. The van der Waals surface area contributed by atoms with Gasteiger partial charge in [0.1, 0.15) is 4.90 Å². The molecule has 3 unspecified atom stereocenters. The SMILES string of the molecule is CC[C@H]1CC2C3CC[C@H]([C@H](C)CCC(=O)NS(=O)(=O)c4ccccc4Cl)[C@@]3(C)CCC2[C@@]2(C)CCCC[C@@H]12. The zero-order valence-corrected chi connectivity index (χ0v) is 25.4. The fourth-order valence-corrected chi connectivity index (χ4v) is 12.0. The summed E-state index contributed by atoms with van der Waals surface area (Å²) in [4.78, 5) is 12.7. The van der Waals surface area contributed by atoms with Crippen molar-refractivity contribution < 1.29 is 13.2 Å². The van der Waals surface area contributed by atoms with Crippen LogP contribution in [0.1, 0.15) is 105 Å². The Hall–Kier alpha value is -1.07. The summed E-state index contributed by atoms with van der Waals surface area (Å²) in [6, 6.07) is 6.25. The van der Waals surface area contributed by atoms with E-state index in [0.717, 1.165) is 36.0 Å². The molecule has 4 aliphatic rings. The third-order valence-corrected chi connectivity index (χ3v) is 14.1. The maximum atomic E-state index is 12.7. The van der Waals surface area contributed by atoms with Crippen LogP contribution < -0.4 is 4.72 Å². The van der Waals surface area contributed by atoms with Crippen LogP contribution in [0.5, 0.6) is 0 Å². The van der Waals surface area contributed by atoms with Crippen LogP contribution in [0.15, 0.2) is 29.2 Å². The van der Waals surface area contributed by atoms with Gasteiger partial charge in [0.05, 0.1) is 5.02 Å². The highest BCUT2D eigenvalue weighted by atomic mass is 35.5. The third kappa shape index (κ3) is 4.86. The van der Waals surface area contributed by atoms with E-state index in [9.17, 15) is 13.2 Å². The molecule has 0 heterocycles. The first-order chi connectivity index (χ1) is 18.0. The molecule has 4 aliphatic carbocycles. The van der Waals surface area contributed by atoms with Crippen LogP contribution in [0.25, 0.3) is 0 Å². The molecule has 0 bridgehead atoms. The molecule has 4 fully saturated rings. The van der Waals surface area contributed by atoms with Gasteiger partial charge in [-0.2, -0.15) is 0 Å². The summed E-state index contributed by atoms with van der Waals surface area (Å²) >= 11 is 6.07. The monoisotopic (exact) mass is 561 g/mol. The average Bonchev–Trinajstić information content (AvgIpc) is 3.23. The predicted octanol–water partition coefficient (Wildman–Crippen LogP) is 8.25. The van der Waals surface area contributed by atoms with Crippen molar-refractivity contribution >= 4 is 27.5 Å². The van der Waals surface area contributed by atoms with Gasteiger partial charge in [-0.1, -0.05) is 70.7 Å². The Bertz CT molecular complexity index is 1140. The average molecular weight is 562 g/mol. The van der Waals surface area contributed by atoms with Crippen molar-refractivity contribution in [1.82, 2.24) is 4.72 Å². The fourth-order valence-electron chi connectivity index (χ4n) is 10.5. The highest BCUT2D eigenvalue weighted by Gasteiger charge is 2.61. The molecule has 0 spiro atoms. The molecule has 1 N–H and O–H groups in total. The van der Waals surface area contributed by atoms with Crippen molar-refractivity contribution in [3.63, 3.8) is 0 Å². The molecule has 0 radical (unpaired) electrons. The van der Waals surface area contributed by atoms with E-state index in [4.69, 9.17) is 11.6 Å². The second-order valence-corrected chi connectivity index (χ2v) is 15.9. The number of rotatable bonds is 7. The van der Waals surface area contributed by atoms with Crippen molar-refractivity contribution in [2.75, 3.05) is 0 Å². The van der Waals surface area contributed by atoms with Gasteiger partial charge in [-0.3, -0.25) is 4.79 Å². The molecule has 1 amide bonds. The summed E-state index contributed by atoms with van der Waals surface area (Å²) in [7, 11) is -3.96. The smallest absolute Gasteiger partial charge is 0.265 e. The third-order valence-electron chi connectivity index (χ3n) is 12.2. The lowest BCUT2D eigenvalue weighted by Gasteiger charge is -2.63. The van der Waals surface area contributed by atoms with Crippen molar-refractivity contribution in [1.29, 1.82) is 0 Å². The fraction of sp³-hybridized carbons (Fsp3) is 0.781. The molecule has 38 heavy (non-hydrogen) atoms. The molecular formula is C32H48ClNO3S. The summed E-state index contributed by atoms with van der Waals surface area (Å²) in [6.07, 6.45) is 14.7. The first kappa shape index (κ1) is 28.5. The van der Waals surface area contributed by atoms with Gasteiger partial charge in [-0.15, -0.1) is 0 Å². The molecule has 0 saturated heterocycles. The van der Waals surface area contributed by atoms with E-state index >= 15 is 0 Å².